The maximum absolute atomic E-state index is 12.3. The molecule has 1 fully saturated rings. The molecule has 29 heavy (non-hydrogen) atoms. The predicted molar refractivity (Wildman–Crippen MR) is 108 cm³/mol. The average Bonchev–Trinajstić information content (AvgIpc) is 3.51. The van der Waals surface area contributed by atoms with Crippen molar-refractivity contribution >= 4 is 11.9 Å². The summed E-state index contributed by atoms with van der Waals surface area (Å²) in [7, 11) is 0. The first-order valence-electron chi connectivity index (χ1n) is 9.86. The number of carboxylic acid groups (broad SMARTS) is 1. The summed E-state index contributed by atoms with van der Waals surface area (Å²) in [6.07, 6.45) is -1.50. The molecular formula is C23H27NO5. The van der Waals surface area contributed by atoms with Gasteiger partial charge in [-0.2, -0.15) is 0 Å². The van der Waals surface area contributed by atoms with Crippen LogP contribution in [0.25, 0.3) is 0 Å². The average molecular weight is 397 g/mol. The third-order valence-electron chi connectivity index (χ3n) is 4.76. The fourth-order valence-electron chi connectivity index (χ4n) is 3.37. The van der Waals surface area contributed by atoms with E-state index in [9.17, 15) is 9.59 Å². The van der Waals surface area contributed by atoms with Crippen LogP contribution in [0, 0.1) is 5.92 Å². The molecule has 2 aromatic carbocycles. The lowest BCUT2D eigenvalue weighted by Gasteiger charge is -2.25. The molecule has 2 aromatic rings. The Bertz CT molecular complexity index is 769. The molecule has 0 unspecified atom stereocenters. The van der Waals surface area contributed by atoms with Gasteiger partial charge in [-0.25, -0.2) is 4.79 Å². The highest BCUT2D eigenvalue weighted by molar-refractivity contribution is 5.92. The number of carbonyl (C=O) groups excluding carboxylic acids is 1. The van der Waals surface area contributed by atoms with Gasteiger partial charge in [-0.15, -0.1) is 0 Å². The van der Waals surface area contributed by atoms with Crippen LogP contribution < -0.4 is 5.32 Å². The molecule has 1 amide bonds. The number of carbonyl (C=O) groups is 2. The number of hydrogen-bond acceptors (Lipinski definition) is 4. The van der Waals surface area contributed by atoms with Crippen molar-refractivity contribution in [1.82, 2.24) is 5.32 Å². The lowest BCUT2D eigenvalue weighted by atomic mass is 10.0. The fourth-order valence-corrected chi connectivity index (χ4v) is 3.37. The van der Waals surface area contributed by atoms with Crippen LogP contribution in [0.5, 0.6) is 0 Å². The zero-order chi connectivity index (χ0) is 20.8. The van der Waals surface area contributed by atoms with Gasteiger partial charge in [0.15, 0.2) is 12.2 Å². The maximum atomic E-state index is 12.3. The van der Waals surface area contributed by atoms with E-state index < -0.39 is 24.1 Å². The van der Waals surface area contributed by atoms with E-state index in [1.165, 1.54) is 0 Å². The Morgan fingerprint density at radius 3 is 2.00 bits per heavy atom. The van der Waals surface area contributed by atoms with Crippen LogP contribution in [0.4, 0.5) is 0 Å². The van der Waals surface area contributed by atoms with Gasteiger partial charge in [-0.05, 0) is 23.5 Å². The van der Waals surface area contributed by atoms with Crippen molar-refractivity contribution in [3.8, 4) is 0 Å². The first-order valence-corrected chi connectivity index (χ1v) is 9.86. The number of benzene rings is 2. The van der Waals surface area contributed by atoms with Crippen molar-refractivity contribution in [2.75, 3.05) is 6.61 Å². The number of carboxylic acids is 1. The zero-order valence-electron chi connectivity index (χ0n) is 16.7. The molecule has 3 rings (SSSR count). The second-order valence-corrected chi connectivity index (χ2v) is 7.69. The molecule has 2 N–H and O–H groups in total. The van der Waals surface area contributed by atoms with Crippen molar-refractivity contribution in [2.45, 2.75) is 44.6 Å². The molecule has 0 bridgehead atoms. The van der Waals surface area contributed by atoms with Crippen LogP contribution >= 0.6 is 0 Å². The van der Waals surface area contributed by atoms with Crippen molar-refractivity contribution < 1.29 is 24.2 Å². The summed E-state index contributed by atoms with van der Waals surface area (Å²) in [5.74, 6) is -1.18. The van der Waals surface area contributed by atoms with Gasteiger partial charge in [0.05, 0.1) is 12.6 Å². The van der Waals surface area contributed by atoms with E-state index in [1.807, 2.05) is 60.7 Å². The number of rotatable bonds is 10. The largest absolute Gasteiger partial charge is 0.479 e. The lowest BCUT2D eigenvalue weighted by Crippen LogP contribution is -2.42. The normalized spacial score (nSPS) is 19.2. The first kappa shape index (κ1) is 21.0. The van der Waals surface area contributed by atoms with Crippen LogP contribution in [0.3, 0.4) is 0 Å². The van der Waals surface area contributed by atoms with Crippen LogP contribution in [0.15, 0.2) is 60.7 Å². The standard InChI is InChI=1S/C23H27NO5/c1-15(2)13-18(24-22(25)20-21(29-20)23(26)27)14-28-19(16-9-5-3-6-10-16)17-11-7-4-8-12-17/h3-12,15,18-21H,13-14H2,1-2H3,(H,24,25)(H,26,27)/t18-,20-,21-/m0/s1. The van der Waals surface area contributed by atoms with Crippen LogP contribution in [0.2, 0.25) is 0 Å². The Morgan fingerprint density at radius 1 is 1.00 bits per heavy atom. The Morgan fingerprint density at radius 2 is 1.55 bits per heavy atom. The maximum Gasteiger partial charge on any atom is 0.336 e. The van der Waals surface area contributed by atoms with Gasteiger partial charge in [0.25, 0.3) is 5.91 Å². The second-order valence-electron chi connectivity index (χ2n) is 7.69. The van der Waals surface area contributed by atoms with E-state index in [4.69, 9.17) is 14.6 Å². The quantitative estimate of drug-likeness (QED) is 0.601. The summed E-state index contributed by atoms with van der Waals surface area (Å²) in [4.78, 5) is 23.3. The molecule has 1 aliphatic heterocycles. The van der Waals surface area contributed by atoms with Crippen LogP contribution in [-0.2, 0) is 19.1 Å². The van der Waals surface area contributed by atoms with Gasteiger partial charge in [0.1, 0.15) is 6.10 Å². The SMILES string of the molecule is CC(C)C[C@@H](COC(c1ccccc1)c1ccccc1)NC(=O)[C@H]1O[C@@H]1C(=O)O. The minimum absolute atomic E-state index is 0.240. The summed E-state index contributed by atoms with van der Waals surface area (Å²) < 4.78 is 11.2. The summed E-state index contributed by atoms with van der Waals surface area (Å²) in [5.41, 5.74) is 2.06. The highest BCUT2D eigenvalue weighted by Gasteiger charge is 2.51. The third-order valence-corrected chi connectivity index (χ3v) is 4.76. The molecular weight excluding hydrogens is 370 g/mol. The van der Waals surface area contributed by atoms with E-state index in [-0.39, 0.29) is 12.1 Å². The van der Waals surface area contributed by atoms with Gasteiger partial charge in [-0.3, -0.25) is 4.79 Å². The topological polar surface area (TPSA) is 88.2 Å². The number of amides is 1. The molecule has 154 valence electrons. The van der Waals surface area contributed by atoms with E-state index in [1.54, 1.807) is 0 Å². The second kappa shape index (κ2) is 9.67. The van der Waals surface area contributed by atoms with Crippen LogP contribution in [0.1, 0.15) is 37.5 Å². The Kier molecular flexibility index (Phi) is 7.01. The molecule has 0 radical (unpaired) electrons. The van der Waals surface area contributed by atoms with E-state index in [2.05, 4.69) is 19.2 Å². The van der Waals surface area contributed by atoms with E-state index in [0.29, 0.717) is 18.9 Å². The first-order chi connectivity index (χ1) is 14.0. The van der Waals surface area contributed by atoms with Crippen molar-refractivity contribution in [3.05, 3.63) is 71.8 Å². The molecule has 0 saturated carbocycles. The van der Waals surface area contributed by atoms with Gasteiger partial charge < -0.3 is 19.9 Å². The molecule has 0 spiro atoms. The summed E-state index contributed by atoms with van der Waals surface area (Å²) in [6, 6.07) is 19.6. The van der Waals surface area contributed by atoms with Crippen LogP contribution in [-0.4, -0.2) is 41.8 Å². The molecule has 1 saturated heterocycles. The Hall–Kier alpha value is -2.70. The minimum Gasteiger partial charge on any atom is -0.479 e. The monoisotopic (exact) mass is 397 g/mol. The Balaban J connectivity index is 1.68. The smallest absolute Gasteiger partial charge is 0.336 e. The summed E-state index contributed by atoms with van der Waals surface area (Å²) in [5, 5.41) is 11.9. The van der Waals surface area contributed by atoms with Crippen molar-refractivity contribution in [2.24, 2.45) is 5.92 Å². The molecule has 1 aliphatic rings. The van der Waals surface area contributed by atoms with Gasteiger partial charge >= 0.3 is 5.97 Å². The number of aliphatic carboxylic acids is 1. The van der Waals surface area contributed by atoms with Gasteiger partial charge in [0.2, 0.25) is 0 Å². The molecule has 3 atom stereocenters. The van der Waals surface area contributed by atoms with E-state index in [0.717, 1.165) is 11.1 Å². The van der Waals surface area contributed by atoms with Gasteiger partial charge in [-0.1, -0.05) is 74.5 Å². The number of epoxide rings is 1. The fraction of sp³-hybridized carbons (Fsp3) is 0.391. The van der Waals surface area contributed by atoms with Crippen molar-refractivity contribution in [1.29, 1.82) is 0 Å². The van der Waals surface area contributed by atoms with Crippen molar-refractivity contribution in [3.63, 3.8) is 0 Å². The molecule has 0 aromatic heterocycles. The number of nitrogens with one attached hydrogen (secondary N) is 1. The Labute approximate surface area is 170 Å². The summed E-state index contributed by atoms with van der Waals surface area (Å²) in [6.45, 7) is 4.44. The highest BCUT2D eigenvalue weighted by atomic mass is 16.6. The number of ether oxygens (including phenoxy) is 2. The summed E-state index contributed by atoms with van der Waals surface area (Å²) >= 11 is 0. The third kappa shape index (κ3) is 5.89. The highest BCUT2D eigenvalue weighted by Crippen LogP contribution is 2.27. The number of hydrogen-bond donors (Lipinski definition) is 2. The van der Waals surface area contributed by atoms with Gasteiger partial charge in [0, 0.05) is 0 Å². The molecule has 6 nitrogen and oxygen atoms in total. The molecule has 1 heterocycles. The molecule has 6 heteroatoms. The lowest BCUT2D eigenvalue weighted by molar-refractivity contribution is -0.138. The zero-order valence-corrected chi connectivity index (χ0v) is 16.7. The molecule has 0 aliphatic carbocycles. The minimum atomic E-state index is -1.12. The predicted octanol–water partition coefficient (Wildman–Crippen LogP) is 3.18. The van der Waals surface area contributed by atoms with E-state index >= 15 is 0 Å².